The Hall–Kier alpha value is -1.46. The van der Waals surface area contributed by atoms with Crippen molar-refractivity contribution in [1.29, 1.82) is 0 Å². The molecule has 0 unspecified atom stereocenters. The normalized spacial score (nSPS) is 26.0. The Balaban J connectivity index is 1.41. The van der Waals surface area contributed by atoms with Crippen molar-refractivity contribution in [3.63, 3.8) is 0 Å². The standard InChI is InChI=1S/C18H25N3O2/c1-2-21-14-17(23-18(5-6-18)16(21)22)7-11-20(12-8-17)13-15-3-9-19-10-4-15/h3-4,9-10H,2,5-8,11-14H2,1H3. The minimum absolute atomic E-state index is 0.116. The van der Waals surface area contributed by atoms with E-state index in [2.05, 4.69) is 28.9 Å². The fourth-order valence-corrected chi connectivity index (χ4v) is 4.01. The van der Waals surface area contributed by atoms with Gasteiger partial charge in [-0.05, 0) is 50.3 Å². The highest BCUT2D eigenvalue weighted by molar-refractivity contribution is 5.89. The lowest BCUT2D eigenvalue weighted by molar-refractivity contribution is -0.200. The van der Waals surface area contributed by atoms with Crippen LogP contribution in [0, 0.1) is 0 Å². The molecule has 124 valence electrons. The summed E-state index contributed by atoms with van der Waals surface area (Å²) in [6.07, 6.45) is 7.56. The minimum atomic E-state index is -0.457. The number of hydrogen-bond acceptors (Lipinski definition) is 4. The van der Waals surface area contributed by atoms with Crippen molar-refractivity contribution in [2.45, 2.75) is 50.4 Å². The molecule has 3 aliphatic rings. The second kappa shape index (κ2) is 5.56. The zero-order valence-electron chi connectivity index (χ0n) is 13.8. The molecular weight excluding hydrogens is 290 g/mol. The highest BCUT2D eigenvalue weighted by Gasteiger charge is 2.61. The van der Waals surface area contributed by atoms with Crippen LogP contribution < -0.4 is 0 Å². The van der Waals surface area contributed by atoms with Crippen LogP contribution in [-0.4, -0.2) is 58.1 Å². The zero-order chi connectivity index (χ0) is 15.9. The summed E-state index contributed by atoms with van der Waals surface area (Å²) in [7, 11) is 0. The number of pyridine rings is 1. The fraction of sp³-hybridized carbons (Fsp3) is 0.667. The summed E-state index contributed by atoms with van der Waals surface area (Å²) in [5, 5.41) is 0. The van der Waals surface area contributed by atoms with Crippen LogP contribution >= 0.6 is 0 Å². The Bertz CT molecular complexity index is 577. The van der Waals surface area contributed by atoms with E-state index in [1.54, 1.807) is 0 Å². The number of ether oxygens (including phenoxy) is 1. The summed E-state index contributed by atoms with van der Waals surface area (Å²) in [5.41, 5.74) is 0.737. The number of carbonyl (C=O) groups excluding carboxylic acids is 1. The van der Waals surface area contributed by atoms with Gasteiger partial charge in [0.25, 0.3) is 5.91 Å². The molecule has 4 rings (SSSR count). The van der Waals surface area contributed by atoms with Crippen LogP contribution in [0.1, 0.15) is 38.2 Å². The number of morpholine rings is 1. The first-order valence-electron chi connectivity index (χ1n) is 8.76. The van der Waals surface area contributed by atoms with E-state index in [0.717, 1.165) is 58.4 Å². The number of likely N-dealkylation sites (N-methyl/N-ethyl adjacent to an activating group) is 1. The fourth-order valence-electron chi connectivity index (χ4n) is 4.01. The highest BCUT2D eigenvalue weighted by Crippen LogP contribution is 2.49. The van der Waals surface area contributed by atoms with Crippen LogP contribution in [0.2, 0.25) is 0 Å². The predicted octanol–water partition coefficient (Wildman–Crippen LogP) is 1.83. The van der Waals surface area contributed by atoms with E-state index in [9.17, 15) is 4.79 Å². The number of amides is 1. The van der Waals surface area contributed by atoms with E-state index in [0.29, 0.717) is 0 Å². The molecule has 0 N–H and O–H groups in total. The maximum atomic E-state index is 12.5. The van der Waals surface area contributed by atoms with Gasteiger partial charge in [0.05, 0.1) is 5.60 Å². The molecule has 2 aliphatic heterocycles. The first-order valence-corrected chi connectivity index (χ1v) is 8.76. The molecule has 5 nitrogen and oxygen atoms in total. The number of hydrogen-bond donors (Lipinski definition) is 0. The van der Waals surface area contributed by atoms with E-state index >= 15 is 0 Å². The molecule has 0 aromatic carbocycles. The molecule has 0 bridgehead atoms. The Morgan fingerprint density at radius 1 is 1.17 bits per heavy atom. The van der Waals surface area contributed by atoms with Crippen molar-refractivity contribution in [3.05, 3.63) is 30.1 Å². The third kappa shape index (κ3) is 2.76. The second-order valence-electron chi connectivity index (χ2n) is 7.23. The van der Waals surface area contributed by atoms with Crippen molar-refractivity contribution < 1.29 is 9.53 Å². The summed E-state index contributed by atoms with van der Waals surface area (Å²) >= 11 is 0. The van der Waals surface area contributed by atoms with Crippen LogP contribution in [0.15, 0.2) is 24.5 Å². The van der Waals surface area contributed by atoms with Crippen molar-refractivity contribution in [2.75, 3.05) is 26.2 Å². The highest BCUT2D eigenvalue weighted by atomic mass is 16.5. The molecule has 1 aromatic heterocycles. The maximum Gasteiger partial charge on any atom is 0.254 e. The molecule has 2 saturated heterocycles. The van der Waals surface area contributed by atoms with Gasteiger partial charge in [-0.15, -0.1) is 0 Å². The number of piperidine rings is 1. The molecule has 5 heteroatoms. The first-order chi connectivity index (χ1) is 11.1. The average Bonchev–Trinajstić information content (AvgIpc) is 3.35. The lowest BCUT2D eigenvalue weighted by Gasteiger charge is -2.50. The van der Waals surface area contributed by atoms with Crippen LogP contribution in [0.5, 0.6) is 0 Å². The summed E-state index contributed by atoms with van der Waals surface area (Å²) in [5.74, 6) is 0.227. The Morgan fingerprint density at radius 3 is 2.48 bits per heavy atom. The van der Waals surface area contributed by atoms with Gasteiger partial charge >= 0.3 is 0 Å². The van der Waals surface area contributed by atoms with Crippen molar-refractivity contribution in [2.24, 2.45) is 0 Å². The van der Waals surface area contributed by atoms with E-state index in [-0.39, 0.29) is 11.5 Å². The average molecular weight is 315 g/mol. The van der Waals surface area contributed by atoms with Gasteiger partial charge in [-0.1, -0.05) is 0 Å². The number of nitrogens with zero attached hydrogens (tertiary/aromatic N) is 3. The Morgan fingerprint density at radius 2 is 1.87 bits per heavy atom. The monoisotopic (exact) mass is 315 g/mol. The summed E-state index contributed by atoms with van der Waals surface area (Å²) < 4.78 is 6.43. The van der Waals surface area contributed by atoms with Crippen LogP contribution in [-0.2, 0) is 16.1 Å². The lowest BCUT2D eigenvalue weighted by Crippen LogP contribution is -2.62. The van der Waals surface area contributed by atoms with Gasteiger partial charge in [0, 0.05) is 45.1 Å². The van der Waals surface area contributed by atoms with Crippen LogP contribution in [0.25, 0.3) is 0 Å². The SMILES string of the molecule is CCN1CC2(CCN(Cc3ccncc3)CC2)OC2(CC2)C1=O. The molecule has 1 aliphatic carbocycles. The van der Waals surface area contributed by atoms with E-state index < -0.39 is 5.60 Å². The smallest absolute Gasteiger partial charge is 0.254 e. The molecule has 2 spiro atoms. The van der Waals surface area contributed by atoms with Crippen LogP contribution in [0.3, 0.4) is 0 Å². The van der Waals surface area contributed by atoms with Crippen molar-refractivity contribution in [3.8, 4) is 0 Å². The molecular formula is C18H25N3O2. The largest absolute Gasteiger partial charge is 0.357 e. The molecule has 1 amide bonds. The van der Waals surface area contributed by atoms with Crippen LogP contribution in [0.4, 0.5) is 0 Å². The van der Waals surface area contributed by atoms with Gasteiger partial charge in [-0.25, -0.2) is 0 Å². The molecule has 0 atom stereocenters. The third-order valence-corrected chi connectivity index (χ3v) is 5.58. The number of carbonyl (C=O) groups is 1. The number of likely N-dealkylation sites (tertiary alicyclic amines) is 1. The molecule has 0 radical (unpaired) electrons. The zero-order valence-corrected chi connectivity index (χ0v) is 13.8. The minimum Gasteiger partial charge on any atom is -0.357 e. The summed E-state index contributed by atoms with van der Waals surface area (Å²) in [4.78, 5) is 21.0. The molecule has 1 saturated carbocycles. The molecule has 1 aromatic rings. The topological polar surface area (TPSA) is 45.7 Å². The van der Waals surface area contributed by atoms with Gasteiger partial charge in [0.2, 0.25) is 0 Å². The first kappa shape index (κ1) is 15.1. The summed E-state index contributed by atoms with van der Waals surface area (Å²) in [6, 6.07) is 4.16. The van der Waals surface area contributed by atoms with Gasteiger partial charge in [-0.2, -0.15) is 0 Å². The lowest BCUT2D eigenvalue weighted by atomic mass is 9.87. The Kier molecular flexibility index (Phi) is 3.65. The number of rotatable bonds is 3. The maximum absolute atomic E-state index is 12.5. The predicted molar refractivity (Wildman–Crippen MR) is 86.8 cm³/mol. The van der Waals surface area contributed by atoms with Crippen molar-refractivity contribution in [1.82, 2.24) is 14.8 Å². The van der Waals surface area contributed by atoms with Gasteiger partial charge in [0.1, 0.15) is 5.60 Å². The van der Waals surface area contributed by atoms with Gasteiger partial charge < -0.3 is 9.64 Å². The van der Waals surface area contributed by atoms with E-state index in [4.69, 9.17) is 4.74 Å². The quantitative estimate of drug-likeness (QED) is 0.854. The molecule has 3 heterocycles. The Labute approximate surface area is 137 Å². The summed E-state index contributed by atoms with van der Waals surface area (Å²) in [6.45, 7) is 6.68. The van der Waals surface area contributed by atoms with Gasteiger partial charge in [0.15, 0.2) is 0 Å². The second-order valence-corrected chi connectivity index (χ2v) is 7.23. The van der Waals surface area contributed by atoms with E-state index in [1.165, 1.54) is 5.56 Å². The molecule has 3 fully saturated rings. The third-order valence-electron chi connectivity index (χ3n) is 5.58. The molecule has 23 heavy (non-hydrogen) atoms. The van der Waals surface area contributed by atoms with E-state index in [1.807, 2.05) is 17.3 Å². The van der Waals surface area contributed by atoms with Crippen molar-refractivity contribution >= 4 is 5.91 Å². The number of aromatic nitrogens is 1. The van der Waals surface area contributed by atoms with Gasteiger partial charge in [-0.3, -0.25) is 14.7 Å².